The number of hydrogen-bond donors (Lipinski definition) is 2. The molecule has 3 N–H and O–H groups in total. The molecular formula is C7H13F3N2OS. The number of carbonyl (C=O) groups is 1. The van der Waals surface area contributed by atoms with E-state index in [9.17, 15) is 18.0 Å². The van der Waals surface area contributed by atoms with Crippen molar-refractivity contribution in [1.82, 2.24) is 5.32 Å². The number of carbonyl (C=O) groups excluding carboxylic acids is 1. The zero-order chi connectivity index (χ0) is 11.4. The zero-order valence-electron chi connectivity index (χ0n) is 7.94. The third-order valence-electron chi connectivity index (χ3n) is 1.24. The van der Waals surface area contributed by atoms with Gasteiger partial charge in [0.05, 0.1) is 5.54 Å². The fourth-order valence-electron chi connectivity index (χ4n) is 0.559. The van der Waals surface area contributed by atoms with Crippen molar-refractivity contribution in [3.05, 3.63) is 0 Å². The molecule has 0 saturated carbocycles. The number of rotatable bonds is 4. The van der Waals surface area contributed by atoms with E-state index in [2.05, 4.69) is 5.32 Å². The van der Waals surface area contributed by atoms with Crippen LogP contribution in [0.3, 0.4) is 0 Å². The summed E-state index contributed by atoms with van der Waals surface area (Å²) in [7, 11) is 0. The average molecular weight is 230 g/mol. The van der Waals surface area contributed by atoms with Gasteiger partial charge in [-0.15, -0.1) is 0 Å². The second kappa shape index (κ2) is 4.88. The molecule has 7 heteroatoms. The molecule has 0 aliphatic heterocycles. The van der Waals surface area contributed by atoms with Gasteiger partial charge in [0, 0.05) is 12.3 Å². The van der Waals surface area contributed by atoms with Crippen molar-refractivity contribution in [2.45, 2.75) is 24.9 Å². The number of amides is 1. The maximum absolute atomic E-state index is 11.6. The lowest BCUT2D eigenvalue weighted by molar-refractivity contribution is -0.125. The summed E-state index contributed by atoms with van der Waals surface area (Å²) in [6, 6.07) is 0. The van der Waals surface area contributed by atoms with Gasteiger partial charge in [0.15, 0.2) is 0 Å². The monoisotopic (exact) mass is 230 g/mol. The van der Waals surface area contributed by atoms with Crippen molar-refractivity contribution in [3.63, 3.8) is 0 Å². The maximum Gasteiger partial charge on any atom is 0.441 e. The Hall–Kier alpha value is -0.430. The van der Waals surface area contributed by atoms with Gasteiger partial charge in [0.2, 0.25) is 5.91 Å². The smallest absolute Gasteiger partial charge is 0.354 e. The molecule has 0 aliphatic rings. The maximum atomic E-state index is 11.6. The topological polar surface area (TPSA) is 55.1 Å². The van der Waals surface area contributed by atoms with E-state index in [0.717, 1.165) is 0 Å². The molecule has 1 amide bonds. The molecule has 0 radical (unpaired) electrons. The highest BCUT2D eigenvalue weighted by molar-refractivity contribution is 8.00. The highest BCUT2D eigenvalue weighted by atomic mass is 32.2. The van der Waals surface area contributed by atoms with Gasteiger partial charge in [0.1, 0.15) is 0 Å². The molecule has 0 saturated heterocycles. The average Bonchev–Trinajstić information content (AvgIpc) is 1.93. The number of halogens is 3. The predicted molar refractivity (Wildman–Crippen MR) is 49.8 cm³/mol. The van der Waals surface area contributed by atoms with Crippen molar-refractivity contribution in [2.24, 2.45) is 5.73 Å². The van der Waals surface area contributed by atoms with Crippen molar-refractivity contribution in [3.8, 4) is 0 Å². The van der Waals surface area contributed by atoms with Crippen LogP contribution >= 0.6 is 11.8 Å². The van der Waals surface area contributed by atoms with E-state index in [0.29, 0.717) is 0 Å². The number of nitrogens with two attached hydrogens (primary N) is 1. The molecule has 0 aromatic rings. The van der Waals surface area contributed by atoms with Crippen LogP contribution in [-0.4, -0.2) is 29.3 Å². The molecule has 0 atom stereocenters. The van der Waals surface area contributed by atoms with Gasteiger partial charge < -0.3 is 11.1 Å². The van der Waals surface area contributed by atoms with Crippen LogP contribution in [0, 0.1) is 0 Å². The van der Waals surface area contributed by atoms with E-state index in [1.807, 2.05) is 0 Å². The molecule has 3 nitrogen and oxygen atoms in total. The molecule has 0 bridgehead atoms. The van der Waals surface area contributed by atoms with Gasteiger partial charge in [0.25, 0.3) is 0 Å². The van der Waals surface area contributed by atoms with Crippen LogP contribution < -0.4 is 11.1 Å². The third kappa shape index (κ3) is 7.02. The Labute approximate surface area is 84.6 Å². The molecule has 84 valence electrons. The first kappa shape index (κ1) is 13.6. The molecule has 0 aromatic carbocycles. The van der Waals surface area contributed by atoms with Gasteiger partial charge >= 0.3 is 5.51 Å². The number of thioether (sulfide) groups is 1. The molecule has 0 fully saturated rings. The Morgan fingerprint density at radius 1 is 1.43 bits per heavy atom. The second-order valence-electron chi connectivity index (χ2n) is 3.27. The molecule has 0 unspecified atom stereocenters. The van der Waals surface area contributed by atoms with Crippen LogP contribution in [0.5, 0.6) is 0 Å². The zero-order valence-corrected chi connectivity index (χ0v) is 8.76. The lowest BCUT2D eigenvalue weighted by atomic mass is 10.1. The summed E-state index contributed by atoms with van der Waals surface area (Å²) in [5.74, 6) is -0.661. The molecule has 14 heavy (non-hydrogen) atoms. The minimum Gasteiger partial charge on any atom is -0.354 e. The van der Waals surface area contributed by atoms with Crippen molar-refractivity contribution >= 4 is 17.7 Å². The van der Waals surface area contributed by atoms with Gasteiger partial charge in [-0.3, -0.25) is 4.79 Å². The van der Waals surface area contributed by atoms with Crippen LogP contribution in [0.4, 0.5) is 13.2 Å². The van der Waals surface area contributed by atoms with Crippen LogP contribution in [0.15, 0.2) is 0 Å². The summed E-state index contributed by atoms with van der Waals surface area (Å²) in [6.45, 7) is 2.93. The first-order valence-corrected chi connectivity index (χ1v) is 4.89. The fourth-order valence-corrected chi connectivity index (χ4v) is 0.995. The first-order chi connectivity index (χ1) is 6.13. The van der Waals surface area contributed by atoms with E-state index in [-0.39, 0.29) is 24.1 Å². The first-order valence-electron chi connectivity index (χ1n) is 3.91. The lowest BCUT2D eigenvalue weighted by Gasteiger charge is -2.17. The Morgan fingerprint density at radius 3 is 2.29 bits per heavy atom. The minimum atomic E-state index is -4.25. The largest absolute Gasteiger partial charge is 0.441 e. The van der Waals surface area contributed by atoms with Crippen LogP contribution in [-0.2, 0) is 4.79 Å². The Balaban J connectivity index is 3.62. The summed E-state index contributed by atoms with van der Waals surface area (Å²) in [5.41, 5.74) is 0.106. The fraction of sp³-hybridized carbons (Fsp3) is 0.857. The quantitative estimate of drug-likeness (QED) is 0.711. The van der Waals surface area contributed by atoms with Gasteiger partial charge in [-0.25, -0.2) is 0 Å². The van der Waals surface area contributed by atoms with E-state index in [1.165, 1.54) is 13.8 Å². The molecule has 0 aliphatic carbocycles. The van der Waals surface area contributed by atoms with Crippen LogP contribution in [0.25, 0.3) is 0 Å². The highest BCUT2D eigenvalue weighted by Gasteiger charge is 2.28. The Kier molecular flexibility index (Phi) is 4.73. The highest BCUT2D eigenvalue weighted by Crippen LogP contribution is 2.29. The second-order valence-corrected chi connectivity index (χ2v) is 4.43. The summed E-state index contributed by atoms with van der Waals surface area (Å²) in [4.78, 5) is 11.1. The van der Waals surface area contributed by atoms with Crippen LogP contribution in [0.2, 0.25) is 0 Å². The number of nitrogens with one attached hydrogen (secondary N) is 1. The van der Waals surface area contributed by atoms with Crippen molar-refractivity contribution in [1.29, 1.82) is 0 Å². The predicted octanol–water partition coefficient (Wildman–Crippen LogP) is 1.09. The molecule has 0 spiro atoms. The Morgan fingerprint density at radius 2 is 1.93 bits per heavy atom. The van der Waals surface area contributed by atoms with E-state index in [1.54, 1.807) is 0 Å². The molecular weight excluding hydrogens is 217 g/mol. The van der Waals surface area contributed by atoms with Crippen molar-refractivity contribution < 1.29 is 18.0 Å². The molecule has 0 rings (SSSR count). The minimum absolute atomic E-state index is 0.0381. The molecule has 0 heterocycles. The van der Waals surface area contributed by atoms with E-state index >= 15 is 0 Å². The molecule has 0 aromatic heterocycles. The summed E-state index contributed by atoms with van der Waals surface area (Å²) in [5, 5.41) is 2.31. The third-order valence-corrected chi connectivity index (χ3v) is 1.97. The van der Waals surface area contributed by atoms with E-state index < -0.39 is 17.0 Å². The van der Waals surface area contributed by atoms with Crippen LogP contribution in [0.1, 0.15) is 13.8 Å². The number of hydrogen-bond acceptors (Lipinski definition) is 3. The van der Waals surface area contributed by atoms with Gasteiger partial charge in [-0.05, 0) is 25.6 Å². The summed E-state index contributed by atoms with van der Waals surface area (Å²) >= 11 is -0.169. The lowest BCUT2D eigenvalue weighted by Crippen LogP contribution is -2.49. The van der Waals surface area contributed by atoms with Gasteiger partial charge in [-0.1, -0.05) is 0 Å². The summed E-state index contributed by atoms with van der Waals surface area (Å²) < 4.78 is 34.9. The standard InChI is InChI=1S/C7H13F3N2OS/c1-6(2,11)5(13)12-3-4-14-7(8,9)10/h3-4,11H2,1-2H3,(H,12,13). The van der Waals surface area contributed by atoms with Crippen molar-refractivity contribution in [2.75, 3.05) is 12.3 Å². The number of alkyl halides is 3. The van der Waals surface area contributed by atoms with E-state index in [4.69, 9.17) is 5.73 Å². The Bertz CT molecular complexity index is 200. The SMILES string of the molecule is CC(C)(N)C(=O)NCCSC(F)(F)F. The van der Waals surface area contributed by atoms with Gasteiger partial charge in [-0.2, -0.15) is 13.2 Å². The summed E-state index contributed by atoms with van der Waals surface area (Å²) in [6.07, 6.45) is 0. The normalized spacial score (nSPS) is 12.7.